The van der Waals surface area contributed by atoms with Gasteiger partial charge in [-0.15, -0.1) is 11.3 Å². The van der Waals surface area contributed by atoms with Gasteiger partial charge in [-0.2, -0.15) is 0 Å². The molecule has 5 heteroatoms. The van der Waals surface area contributed by atoms with E-state index in [2.05, 4.69) is 36.0 Å². The van der Waals surface area contributed by atoms with Crippen LogP contribution in [-0.4, -0.2) is 46.4 Å². The van der Waals surface area contributed by atoms with E-state index in [-0.39, 0.29) is 18.6 Å². The van der Waals surface area contributed by atoms with Gasteiger partial charge in [-0.1, -0.05) is 20.8 Å². The maximum Gasteiger partial charge on any atom is 0.107 e. The highest BCUT2D eigenvalue weighted by Gasteiger charge is 2.18. The minimum absolute atomic E-state index is 0.0850. The fourth-order valence-electron chi connectivity index (χ4n) is 1.62. The van der Waals surface area contributed by atoms with E-state index in [0.717, 1.165) is 30.2 Å². The minimum Gasteiger partial charge on any atom is -0.396 e. The van der Waals surface area contributed by atoms with Crippen molar-refractivity contribution in [3.05, 3.63) is 16.1 Å². The molecule has 2 N–H and O–H groups in total. The van der Waals surface area contributed by atoms with Gasteiger partial charge in [-0.05, 0) is 6.42 Å². The van der Waals surface area contributed by atoms with E-state index in [1.54, 1.807) is 11.3 Å². The summed E-state index contributed by atoms with van der Waals surface area (Å²) in [6, 6.07) is 0. The second-order valence-corrected chi connectivity index (χ2v) is 6.40. The first-order chi connectivity index (χ1) is 8.47. The number of thiazole rings is 1. The molecule has 0 aliphatic heterocycles. The molecular weight excluding hydrogens is 248 g/mol. The number of aliphatic hydroxyl groups excluding tert-OH is 2. The zero-order valence-corrected chi connectivity index (χ0v) is 12.3. The predicted molar refractivity (Wildman–Crippen MR) is 74.9 cm³/mol. The third kappa shape index (κ3) is 5.02. The van der Waals surface area contributed by atoms with Crippen LogP contribution in [0.4, 0.5) is 0 Å². The van der Waals surface area contributed by atoms with Crippen molar-refractivity contribution in [2.75, 3.05) is 26.3 Å². The van der Waals surface area contributed by atoms with Gasteiger partial charge in [-0.25, -0.2) is 4.98 Å². The maximum atomic E-state index is 9.03. The standard InChI is InChI=1S/C13H24N2O2S/c1-13(2,3)11-10-18-12(14-11)9-15(6-8-17)5-4-7-16/h10,16-17H,4-9H2,1-3H3. The Labute approximate surface area is 113 Å². The summed E-state index contributed by atoms with van der Waals surface area (Å²) >= 11 is 1.67. The van der Waals surface area contributed by atoms with Crippen molar-refractivity contribution >= 4 is 11.3 Å². The van der Waals surface area contributed by atoms with E-state index in [4.69, 9.17) is 10.2 Å². The van der Waals surface area contributed by atoms with E-state index in [9.17, 15) is 0 Å². The Hall–Kier alpha value is -0.490. The van der Waals surface area contributed by atoms with Gasteiger partial charge in [0.15, 0.2) is 0 Å². The molecule has 0 amide bonds. The molecule has 0 fully saturated rings. The second-order valence-electron chi connectivity index (χ2n) is 5.45. The van der Waals surface area contributed by atoms with Gasteiger partial charge in [0.05, 0.1) is 18.8 Å². The van der Waals surface area contributed by atoms with Crippen LogP contribution in [0.5, 0.6) is 0 Å². The first-order valence-corrected chi connectivity index (χ1v) is 7.24. The van der Waals surface area contributed by atoms with Crippen molar-refractivity contribution in [2.24, 2.45) is 0 Å². The van der Waals surface area contributed by atoms with E-state index in [1.165, 1.54) is 0 Å². The quantitative estimate of drug-likeness (QED) is 0.792. The zero-order valence-electron chi connectivity index (χ0n) is 11.5. The van der Waals surface area contributed by atoms with E-state index in [1.807, 2.05) is 0 Å². The molecule has 0 radical (unpaired) electrons. The number of rotatable bonds is 7. The van der Waals surface area contributed by atoms with Gasteiger partial charge in [0.2, 0.25) is 0 Å². The summed E-state index contributed by atoms with van der Waals surface area (Å²) in [5.74, 6) is 0. The third-order valence-corrected chi connectivity index (χ3v) is 3.56. The summed E-state index contributed by atoms with van der Waals surface area (Å²) in [5, 5.41) is 21.1. The number of aliphatic hydroxyl groups is 2. The molecule has 0 saturated heterocycles. The first-order valence-electron chi connectivity index (χ1n) is 6.36. The second kappa shape index (κ2) is 7.19. The van der Waals surface area contributed by atoms with Crippen molar-refractivity contribution in [1.29, 1.82) is 0 Å². The number of hydrogen-bond acceptors (Lipinski definition) is 5. The molecule has 1 rings (SSSR count). The fraction of sp³-hybridized carbons (Fsp3) is 0.769. The molecule has 4 nitrogen and oxygen atoms in total. The minimum atomic E-state index is 0.0850. The summed E-state index contributed by atoms with van der Waals surface area (Å²) in [6.07, 6.45) is 0.734. The molecule has 0 atom stereocenters. The van der Waals surface area contributed by atoms with Crippen LogP contribution in [0.25, 0.3) is 0 Å². The van der Waals surface area contributed by atoms with Crippen LogP contribution in [0, 0.1) is 0 Å². The lowest BCUT2D eigenvalue weighted by Crippen LogP contribution is -2.28. The number of hydrogen-bond donors (Lipinski definition) is 2. The van der Waals surface area contributed by atoms with Gasteiger partial charge in [-0.3, -0.25) is 4.90 Å². The Balaban J connectivity index is 2.60. The van der Waals surface area contributed by atoms with Crippen LogP contribution in [0.2, 0.25) is 0 Å². The molecular formula is C13H24N2O2S. The van der Waals surface area contributed by atoms with Crippen molar-refractivity contribution in [1.82, 2.24) is 9.88 Å². The van der Waals surface area contributed by atoms with E-state index in [0.29, 0.717) is 6.54 Å². The smallest absolute Gasteiger partial charge is 0.107 e. The Kier molecular flexibility index (Phi) is 6.21. The third-order valence-electron chi connectivity index (χ3n) is 2.73. The molecule has 0 aliphatic rings. The molecule has 0 unspecified atom stereocenters. The van der Waals surface area contributed by atoms with Crippen molar-refractivity contribution < 1.29 is 10.2 Å². The molecule has 0 spiro atoms. The average molecular weight is 272 g/mol. The lowest BCUT2D eigenvalue weighted by atomic mass is 9.93. The molecule has 1 aromatic heterocycles. The first kappa shape index (κ1) is 15.6. The van der Waals surface area contributed by atoms with Crippen LogP contribution in [-0.2, 0) is 12.0 Å². The van der Waals surface area contributed by atoms with E-state index >= 15 is 0 Å². The Morgan fingerprint density at radius 2 is 1.94 bits per heavy atom. The number of aromatic nitrogens is 1. The van der Waals surface area contributed by atoms with Crippen LogP contribution in [0.1, 0.15) is 37.9 Å². The molecule has 0 aliphatic carbocycles. The Morgan fingerprint density at radius 3 is 2.44 bits per heavy atom. The van der Waals surface area contributed by atoms with E-state index < -0.39 is 0 Å². The normalized spacial score (nSPS) is 12.3. The fourth-order valence-corrected chi connectivity index (χ4v) is 2.69. The highest BCUT2D eigenvalue weighted by atomic mass is 32.1. The highest BCUT2D eigenvalue weighted by Crippen LogP contribution is 2.24. The summed E-state index contributed by atoms with van der Waals surface area (Å²) in [4.78, 5) is 6.77. The summed E-state index contributed by atoms with van der Waals surface area (Å²) in [6.45, 7) is 8.97. The monoisotopic (exact) mass is 272 g/mol. The molecule has 1 aromatic rings. The maximum absolute atomic E-state index is 9.03. The van der Waals surface area contributed by atoms with Crippen molar-refractivity contribution in [3.8, 4) is 0 Å². The SMILES string of the molecule is CC(C)(C)c1csc(CN(CCO)CCCO)n1. The van der Waals surface area contributed by atoms with Crippen LogP contribution >= 0.6 is 11.3 Å². The largest absolute Gasteiger partial charge is 0.396 e. The molecule has 0 bridgehead atoms. The van der Waals surface area contributed by atoms with Crippen molar-refractivity contribution in [3.63, 3.8) is 0 Å². The highest BCUT2D eigenvalue weighted by molar-refractivity contribution is 7.09. The van der Waals surface area contributed by atoms with Crippen molar-refractivity contribution in [2.45, 2.75) is 39.2 Å². The van der Waals surface area contributed by atoms with Crippen LogP contribution < -0.4 is 0 Å². The summed E-state index contributed by atoms with van der Waals surface area (Å²) in [5.41, 5.74) is 1.20. The molecule has 18 heavy (non-hydrogen) atoms. The van der Waals surface area contributed by atoms with Gasteiger partial charge >= 0.3 is 0 Å². The lowest BCUT2D eigenvalue weighted by molar-refractivity contribution is 0.174. The molecule has 104 valence electrons. The summed E-state index contributed by atoms with van der Waals surface area (Å²) in [7, 11) is 0. The topological polar surface area (TPSA) is 56.6 Å². The van der Waals surface area contributed by atoms with Gasteiger partial charge < -0.3 is 10.2 Å². The lowest BCUT2D eigenvalue weighted by Gasteiger charge is -2.19. The Morgan fingerprint density at radius 1 is 1.22 bits per heavy atom. The molecule has 0 aromatic carbocycles. The predicted octanol–water partition coefficient (Wildman–Crippen LogP) is 1.62. The summed E-state index contributed by atoms with van der Waals surface area (Å²) < 4.78 is 0. The van der Waals surface area contributed by atoms with Gasteiger partial charge in [0, 0.05) is 30.5 Å². The average Bonchev–Trinajstić information content (AvgIpc) is 2.74. The zero-order chi connectivity index (χ0) is 13.6. The van der Waals surface area contributed by atoms with Gasteiger partial charge in [0.1, 0.15) is 5.01 Å². The van der Waals surface area contributed by atoms with Crippen LogP contribution in [0.15, 0.2) is 5.38 Å². The molecule has 1 heterocycles. The van der Waals surface area contributed by atoms with Gasteiger partial charge in [0.25, 0.3) is 0 Å². The number of nitrogens with zero attached hydrogens (tertiary/aromatic N) is 2. The van der Waals surface area contributed by atoms with Crippen LogP contribution in [0.3, 0.4) is 0 Å². The molecule has 0 saturated carbocycles. The Bertz CT molecular complexity index is 347.